The van der Waals surface area contributed by atoms with E-state index >= 15 is 0 Å². The van der Waals surface area contributed by atoms with E-state index in [0.29, 0.717) is 30.3 Å². The van der Waals surface area contributed by atoms with Gasteiger partial charge in [0.1, 0.15) is 6.54 Å². The van der Waals surface area contributed by atoms with E-state index < -0.39 is 5.25 Å². The minimum Gasteiger partial charge on any atom is -0.350 e. The fraction of sp³-hybridized carbons (Fsp3) is 0.318. The number of carbonyl (C=O) groups is 3. The van der Waals surface area contributed by atoms with Gasteiger partial charge in [-0.05, 0) is 42.7 Å². The minimum absolute atomic E-state index is 0.131. The third-order valence-corrected chi connectivity index (χ3v) is 6.73. The lowest BCUT2D eigenvalue weighted by molar-refractivity contribution is -0.134. The van der Waals surface area contributed by atoms with E-state index in [1.165, 1.54) is 16.7 Å². The van der Waals surface area contributed by atoms with Gasteiger partial charge in [0.25, 0.3) is 5.91 Å². The zero-order valence-electron chi connectivity index (χ0n) is 16.3. The number of para-hydroxylation sites is 1. The Balaban J connectivity index is 1.48. The molecule has 30 heavy (non-hydrogen) atoms. The first-order chi connectivity index (χ1) is 14.5. The molecule has 2 heterocycles. The first kappa shape index (κ1) is 20.8. The lowest BCUT2D eigenvalue weighted by Crippen LogP contribution is -2.51. The molecule has 0 aliphatic carbocycles. The average molecular weight is 444 g/mol. The SMILES string of the molecule is O=C(CN1C(=O)[C@@H](C(=O)N2CCCC2)Sc2ccccc21)NCc1ccc(Cl)cc1. The number of anilines is 1. The topological polar surface area (TPSA) is 69.7 Å². The van der Waals surface area contributed by atoms with Crippen LogP contribution in [0.3, 0.4) is 0 Å². The predicted octanol–water partition coefficient (Wildman–Crippen LogP) is 3.09. The van der Waals surface area contributed by atoms with Crippen molar-refractivity contribution in [3.05, 3.63) is 59.1 Å². The molecular formula is C22H22ClN3O3S. The number of amides is 3. The molecule has 6 nitrogen and oxygen atoms in total. The van der Waals surface area contributed by atoms with Gasteiger partial charge in [0, 0.05) is 29.6 Å². The molecule has 0 aromatic heterocycles. The summed E-state index contributed by atoms with van der Waals surface area (Å²) < 4.78 is 0. The van der Waals surface area contributed by atoms with Crippen LogP contribution in [0.15, 0.2) is 53.4 Å². The van der Waals surface area contributed by atoms with Crippen LogP contribution in [-0.2, 0) is 20.9 Å². The Morgan fingerprint density at radius 3 is 2.50 bits per heavy atom. The van der Waals surface area contributed by atoms with Gasteiger partial charge in [-0.1, -0.05) is 35.9 Å². The first-order valence-electron chi connectivity index (χ1n) is 9.90. The van der Waals surface area contributed by atoms with Gasteiger partial charge in [-0.25, -0.2) is 0 Å². The highest BCUT2D eigenvalue weighted by Crippen LogP contribution is 2.39. The number of thioether (sulfide) groups is 1. The van der Waals surface area contributed by atoms with Gasteiger partial charge in [0.05, 0.1) is 5.69 Å². The summed E-state index contributed by atoms with van der Waals surface area (Å²) in [6, 6.07) is 14.6. The highest BCUT2D eigenvalue weighted by atomic mass is 35.5. The van der Waals surface area contributed by atoms with Crippen molar-refractivity contribution >= 4 is 46.8 Å². The van der Waals surface area contributed by atoms with Crippen LogP contribution < -0.4 is 10.2 Å². The minimum atomic E-state index is -0.845. The number of fused-ring (bicyclic) bond motifs is 1. The summed E-state index contributed by atoms with van der Waals surface area (Å²) in [4.78, 5) is 42.8. The fourth-order valence-corrected chi connectivity index (χ4v) is 4.96. The van der Waals surface area contributed by atoms with Crippen LogP contribution in [0, 0.1) is 0 Å². The van der Waals surface area contributed by atoms with Crippen molar-refractivity contribution in [1.82, 2.24) is 10.2 Å². The number of likely N-dealkylation sites (tertiary alicyclic amines) is 1. The molecule has 8 heteroatoms. The standard InChI is InChI=1S/C22H22ClN3O3S/c23-16-9-7-15(8-10-16)13-24-19(27)14-26-17-5-1-2-6-18(17)30-20(22(26)29)21(28)25-11-3-4-12-25/h1-2,5-10,20H,3-4,11-14H2,(H,24,27)/t20-/m1/s1. The molecule has 1 atom stereocenters. The second-order valence-electron chi connectivity index (χ2n) is 7.33. The molecule has 0 bridgehead atoms. The molecule has 4 rings (SSSR count). The van der Waals surface area contributed by atoms with Crippen LogP contribution in [0.1, 0.15) is 18.4 Å². The average Bonchev–Trinajstić information content (AvgIpc) is 3.29. The summed E-state index contributed by atoms with van der Waals surface area (Å²) in [5, 5.41) is 2.62. The smallest absolute Gasteiger partial charge is 0.250 e. The molecule has 2 aromatic rings. The second kappa shape index (κ2) is 9.10. The number of hydrogen-bond acceptors (Lipinski definition) is 4. The van der Waals surface area contributed by atoms with E-state index in [9.17, 15) is 14.4 Å². The third kappa shape index (κ3) is 4.47. The molecule has 0 spiro atoms. The van der Waals surface area contributed by atoms with Gasteiger partial charge in [0.15, 0.2) is 5.25 Å². The van der Waals surface area contributed by atoms with Crippen molar-refractivity contribution in [3.63, 3.8) is 0 Å². The van der Waals surface area contributed by atoms with Crippen LogP contribution in [0.25, 0.3) is 0 Å². The molecule has 0 radical (unpaired) electrons. The Labute approximate surface area is 184 Å². The highest BCUT2D eigenvalue weighted by molar-refractivity contribution is 8.01. The van der Waals surface area contributed by atoms with Gasteiger partial charge < -0.3 is 15.1 Å². The molecule has 2 aliphatic heterocycles. The second-order valence-corrected chi connectivity index (χ2v) is 8.91. The molecule has 1 saturated heterocycles. The van der Waals surface area contributed by atoms with Crippen LogP contribution >= 0.6 is 23.4 Å². The molecule has 1 N–H and O–H groups in total. The summed E-state index contributed by atoms with van der Waals surface area (Å²) in [6.45, 7) is 1.58. The summed E-state index contributed by atoms with van der Waals surface area (Å²) in [7, 11) is 0. The Morgan fingerprint density at radius 2 is 1.77 bits per heavy atom. The molecule has 2 aromatic carbocycles. The lowest BCUT2D eigenvalue weighted by Gasteiger charge is -2.34. The summed E-state index contributed by atoms with van der Waals surface area (Å²) >= 11 is 7.16. The van der Waals surface area contributed by atoms with E-state index in [2.05, 4.69) is 5.32 Å². The van der Waals surface area contributed by atoms with E-state index in [0.717, 1.165) is 23.3 Å². The normalized spacial score (nSPS) is 18.3. The van der Waals surface area contributed by atoms with Gasteiger partial charge in [0.2, 0.25) is 11.8 Å². The monoisotopic (exact) mass is 443 g/mol. The number of rotatable bonds is 5. The Hall–Kier alpha value is -2.51. The van der Waals surface area contributed by atoms with Gasteiger partial charge in [-0.2, -0.15) is 0 Å². The molecule has 2 aliphatic rings. The largest absolute Gasteiger partial charge is 0.350 e. The van der Waals surface area contributed by atoms with Gasteiger partial charge in [-0.15, -0.1) is 11.8 Å². The van der Waals surface area contributed by atoms with Gasteiger partial charge in [-0.3, -0.25) is 14.4 Å². The predicted molar refractivity (Wildman–Crippen MR) is 118 cm³/mol. The maximum absolute atomic E-state index is 13.2. The Kier molecular flexibility index (Phi) is 6.29. The molecule has 3 amide bonds. The zero-order chi connectivity index (χ0) is 21.1. The summed E-state index contributed by atoms with van der Waals surface area (Å²) in [5.74, 6) is -0.784. The van der Waals surface area contributed by atoms with Crippen LogP contribution in [0.2, 0.25) is 5.02 Å². The van der Waals surface area contributed by atoms with E-state index in [-0.39, 0.29) is 24.3 Å². The molecule has 1 fully saturated rings. The maximum atomic E-state index is 13.2. The zero-order valence-corrected chi connectivity index (χ0v) is 17.9. The van der Waals surface area contributed by atoms with Crippen LogP contribution in [0.4, 0.5) is 5.69 Å². The van der Waals surface area contributed by atoms with E-state index in [1.807, 2.05) is 36.4 Å². The van der Waals surface area contributed by atoms with E-state index in [4.69, 9.17) is 11.6 Å². The van der Waals surface area contributed by atoms with Crippen LogP contribution in [0.5, 0.6) is 0 Å². The first-order valence-corrected chi connectivity index (χ1v) is 11.2. The number of benzene rings is 2. The van der Waals surface area contributed by atoms with E-state index in [1.54, 1.807) is 17.0 Å². The highest BCUT2D eigenvalue weighted by Gasteiger charge is 2.41. The molecular weight excluding hydrogens is 422 g/mol. The van der Waals surface area contributed by atoms with Crippen molar-refractivity contribution in [2.24, 2.45) is 0 Å². The third-order valence-electron chi connectivity index (χ3n) is 5.24. The number of halogens is 1. The van der Waals surface area contributed by atoms with Crippen molar-refractivity contribution in [1.29, 1.82) is 0 Å². The number of carbonyl (C=O) groups excluding carboxylic acids is 3. The number of nitrogens with one attached hydrogen (secondary N) is 1. The molecule has 0 unspecified atom stereocenters. The molecule has 156 valence electrons. The Morgan fingerprint density at radius 1 is 1.07 bits per heavy atom. The van der Waals surface area contributed by atoms with Crippen molar-refractivity contribution in [3.8, 4) is 0 Å². The lowest BCUT2D eigenvalue weighted by atomic mass is 10.2. The number of nitrogens with zero attached hydrogens (tertiary/aromatic N) is 2. The summed E-state index contributed by atoms with van der Waals surface area (Å²) in [6.07, 6.45) is 1.93. The fourth-order valence-electron chi connectivity index (χ4n) is 3.64. The van der Waals surface area contributed by atoms with Crippen molar-refractivity contribution in [2.45, 2.75) is 29.5 Å². The van der Waals surface area contributed by atoms with Crippen molar-refractivity contribution < 1.29 is 14.4 Å². The van der Waals surface area contributed by atoms with Crippen molar-refractivity contribution in [2.75, 3.05) is 24.5 Å². The molecule has 0 saturated carbocycles. The number of hydrogen-bond donors (Lipinski definition) is 1. The summed E-state index contributed by atoms with van der Waals surface area (Å²) in [5.41, 5.74) is 1.58. The van der Waals surface area contributed by atoms with Gasteiger partial charge >= 0.3 is 0 Å². The quantitative estimate of drug-likeness (QED) is 0.721. The Bertz CT molecular complexity index is 960. The van der Waals surface area contributed by atoms with Crippen LogP contribution in [-0.4, -0.2) is 47.5 Å². The maximum Gasteiger partial charge on any atom is 0.250 e.